The molecule has 0 radical (unpaired) electrons. The quantitative estimate of drug-likeness (QED) is 0.865. The molecule has 0 saturated heterocycles. The first kappa shape index (κ1) is 12.0. The molecule has 0 unspecified atom stereocenters. The summed E-state index contributed by atoms with van der Waals surface area (Å²) in [5.74, 6) is 0. The number of urea groups is 1. The smallest absolute Gasteiger partial charge is 0.319 e. The average molecular weight is 255 g/mol. The lowest BCUT2D eigenvalue weighted by molar-refractivity contribution is 0.248. The van der Waals surface area contributed by atoms with Crippen LogP contribution in [0.5, 0.6) is 0 Å². The molecule has 3 rings (SSSR count). The number of nitrogens with one attached hydrogen (secondary N) is 2. The van der Waals surface area contributed by atoms with Gasteiger partial charge in [0.2, 0.25) is 0 Å². The van der Waals surface area contributed by atoms with Crippen molar-refractivity contribution in [3.05, 3.63) is 36.7 Å². The van der Waals surface area contributed by atoms with Crippen LogP contribution >= 0.6 is 0 Å². The molecule has 0 bridgehead atoms. The van der Waals surface area contributed by atoms with E-state index >= 15 is 0 Å². The summed E-state index contributed by atoms with van der Waals surface area (Å²) in [5.41, 5.74) is 0.829. The van der Waals surface area contributed by atoms with E-state index in [0.717, 1.165) is 29.3 Å². The normalized spacial score (nSPS) is 15.6. The fourth-order valence-corrected chi connectivity index (χ4v) is 2.65. The van der Waals surface area contributed by atoms with Gasteiger partial charge in [0.1, 0.15) is 0 Å². The summed E-state index contributed by atoms with van der Waals surface area (Å²) in [7, 11) is 0. The van der Waals surface area contributed by atoms with Gasteiger partial charge in [0.25, 0.3) is 0 Å². The van der Waals surface area contributed by atoms with E-state index in [1.165, 1.54) is 12.8 Å². The Hall–Kier alpha value is -2.10. The van der Waals surface area contributed by atoms with E-state index in [0.29, 0.717) is 6.04 Å². The maximum atomic E-state index is 12.0. The number of pyridine rings is 1. The second kappa shape index (κ2) is 5.26. The minimum atomic E-state index is -0.115. The largest absolute Gasteiger partial charge is 0.335 e. The molecule has 19 heavy (non-hydrogen) atoms. The van der Waals surface area contributed by atoms with Crippen molar-refractivity contribution < 1.29 is 4.79 Å². The summed E-state index contributed by atoms with van der Waals surface area (Å²) in [6.07, 6.45) is 8.15. The molecule has 0 aliphatic heterocycles. The lowest BCUT2D eigenvalue weighted by Crippen LogP contribution is -2.36. The highest BCUT2D eigenvalue weighted by Gasteiger charge is 2.17. The Kier molecular flexibility index (Phi) is 3.31. The number of fused-ring (bicyclic) bond motifs is 1. The Balaban J connectivity index is 1.75. The van der Waals surface area contributed by atoms with Crippen molar-refractivity contribution >= 4 is 22.5 Å². The van der Waals surface area contributed by atoms with Gasteiger partial charge in [-0.1, -0.05) is 25.0 Å². The molecule has 1 saturated carbocycles. The lowest BCUT2D eigenvalue weighted by Gasteiger charge is -2.14. The van der Waals surface area contributed by atoms with Crippen LogP contribution in [0.3, 0.4) is 0 Å². The third kappa shape index (κ3) is 2.67. The molecule has 98 valence electrons. The molecular weight excluding hydrogens is 238 g/mol. The van der Waals surface area contributed by atoms with Gasteiger partial charge in [-0.2, -0.15) is 0 Å². The van der Waals surface area contributed by atoms with Gasteiger partial charge in [-0.25, -0.2) is 4.79 Å². The van der Waals surface area contributed by atoms with Crippen molar-refractivity contribution in [2.24, 2.45) is 0 Å². The number of amides is 2. The van der Waals surface area contributed by atoms with Crippen molar-refractivity contribution in [2.45, 2.75) is 31.7 Å². The van der Waals surface area contributed by atoms with Gasteiger partial charge < -0.3 is 10.6 Å². The third-order valence-corrected chi connectivity index (χ3v) is 3.62. The summed E-state index contributed by atoms with van der Waals surface area (Å²) >= 11 is 0. The van der Waals surface area contributed by atoms with Crippen molar-refractivity contribution in [1.29, 1.82) is 0 Å². The maximum absolute atomic E-state index is 12.0. The molecule has 1 heterocycles. The third-order valence-electron chi connectivity index (χ3n) is 3.62. The minimum absolute atomic E-state index is 0.115. The highest BCUT2D eigenvalue weighted by atomic mass is 16.2. The number of anilines is 1. The van der Waals surface area contributed by atoms with Crippen LogP contribution in [0.4, 0.5) is 10.5 Å². The van der Waals surface area contributed by atoms with Gasteiger partial charge in [-0.05, 0) is 25.0 Å². The second-order valence-corrected chi connectivity index (χ2v) is 4.98. The molecule has 4 heteroatoms. The van der Waals surface area contributed by atoms with Crippen LogP contribution in [0.15, 0.2) is 36.7 Å². The molecule has 1 aromatic heterocycles. The van der Waals surface area contributed by atoms with E-state index in [1.54, 1.807) is 12.4 Å². The van der Waals surface area contributed by atoms with Gasteiger partial charge in [0.15, 0.2) is 0 Å². The predicted molar refractivity (Wildman–Crippen MR) is 76.2 cm³/mol. The van der Waals surface area contributed by atoms with Crippen molar-refractivity contribution in [3.8, 4) is 0 Å². The Morgan fingerprint density at radius 3 is 2.89 bits per heavy atom. The zero-order valence-corrected chi connectivity index (χ0v) is 10.7. The van der Waals surface area contributed by atoms with Gasteiger partial charge >= 0.3 is 6.03 Å². The monoisotopic (exact) mass is 255 g/mol. The topological polar surface area (TPSA) is 54.0 Å². The van der Waals surface area contributed by atoms with Crippen molar-refractivity contribution in [2.75, 3.05) is 5.32 Å². The Labute approximate surface area is 112 Å². The fraction of sp³-hybridized carbons (Fsp3) is 0.333. The molecule has 2 amide bonds. The number of rotatable bonds is 2. The van der Waals surface area contributed by atoms with Crippen LogP contribution in [0.1, 0.15) is 25.7 Å². The molecule has 2 N–H and O–H groups in total. The van der Waals surface area contributed by atoms with Crippen LogP contribution in [0.2, 0.25) is 0 Å². The number of benzene rings is 1. The molecule has 2 aromatic rings. The zero-order chi connectivity index (χ0) is 13.1. The van der Waals surface area contributed by atoms with Gasteiger partial charge in [-0.15, -0.1) is 0 Å². The summed E-state index contributed by atoms with van der Waals surface area (Å²) in [4.78, 5) is 16.1. The second-order valence-electron chi connectivity index (χ2n) is 4.98. The molecule has 1 aliphatic carbocycles. The van der Waals surface area contributed by atoms with E-state index in [2.05, 4.69) is 15.6 Å². The number of carbonyl (C=O) groups excluding carboxylic acids is 1. The van der Waals surface area contributed by atoms with E-state index in [9.17, 15) is 4.79 Å². The van der Waals surface area contributed by atoms with Gasteiger partial charge in [-0.3, -0.25) is 4.98 Å². The van der Waals surface area contributed by atoms with Crippen LogP contribution in [-0.2, 0) is 0 Å². The molecule has 0 spiro atoms. The number of nitrogens with zero attached hydrogens (tertiary/aromatic N) is 1. The van der Waals surface area contributed by atoms with E-state index < -0.39 is 0 Å². The molecule has 0 atom stereocenters. The molecule has 1 fully saturated rings. The number of aromatic nitrogens is 1. The number of hydrogen-bond donors (Lipinski definition) is 2. The zero-order valence-electron chi connectivity index (χ0n) is 10.7. The van der Waals surface area contributed by atoms with Crippen molar-refractivity contribution in [1.82, 2.24) is 10.3 Å². The lowest BCUT2D eigenvalue weighted by atomic mass is 10.1. The van der Waals surface area contributed by atoms with E-state index in [4.69, 9.17) is 0 Å². The first-order valence-corrected chi connectivity index (χ1v) is 6.73. The SMILES string of the molecule is O=C(Nc1cccc2cnccc12)NC1CCCC1. The first-order valence-electron chi connectivity index (χ1n) is 6.73. The van der Waals surface area contributed by atoms with E-state index in [-0.39, 0.29) is 6.03 Å². The highest BCUT2D eigenvalue weighted by Crippen LogP contribution is 2.22. The average Bonchev–Trinajstić information content (AvgIpc) is 2.92. The number of carbonyl (C=O) groups is 1. The van der Waals surface area contributed by atoms with Crippen LogP contribution in [0, 0.1) is 0 Å². The Morgan fingerprint density at radius 1 is 1.21 bits per heavy atom. The molecule has 1 aliphatic rings. The minimum Gasteiger partial charge on any atom is -0.335 e. The molecular formula is C15H17N3O. The first-order chi connectivity index (χ1) is 9.33. The van der Waals surface area contributed by atoms with Crippen molar-refractivity contribution in [3.63, 3.8) is 0 Å². The van der Waals surface area contributed by atoms with Crippen LogP contribution < -0.4 is 10.6 Å². The predicted octanol–water partition coefficient (Wildman–Crippen LogP) is 3.30. The van der Waals surface area contributed by atoms with Gasteiger partial charge in [0.05, 0.1) is 5.69 Å². The maximum Gasteiger partial charge on any atom is 0.319 e. The highest BCUT2D eigenvalue weighted by molar-refractivity contribution is 6.01. The molecule has 1 aromatic carbocycles. The summed E-state index contributed by atoms with van der Waals surface area (Å²) in [6, 6.07) is 7.96. The fourth-order valence-electron chi connectivity index (χ4n) is 2.65. The molecule has 4 nitrogen and oxygen atoms in total. The van der Waals surface area contributed by atoms with E-state index in [1.807, 2.05) is 24.3 Å². The summed E-state index contributed by atoms with van der Waals surface area (Å²) in [5, 5.41) is 8.00. The van der Waals surface area contributed by atoms with Crippen LogP contribution in [0.25, 0.3) is 10.8 Å². The van der Waals surface area contributed by atoms with Gasteiger partial charge in [0, 0.05) is 29.2 Å². The Bertz CT molecular complexity index is 585. The standard InChI is InChI=1S/C15H17N3O/c19-15(17-12-5-1-2-6-12)18-14-7-3-4-11-10-16-9-8-13(11)14/h3-4,7-10,12H,1-2,5-6H2,(H2,17,18,19). The summed E-state index contributed by atoms with van der Waals surface area (Å²) in [6.45, 7) is 0. The summed E-state index contributed by atoms with van der Waals surface area (Å²) < 4.78 is 0. The Morgan fingerprint density at radius 2 is 2.05 bits per heavy atom. The van der Waals surface area contributed by atoms with Crippen LogP contribution in [-0.4, -0.2) is 17.1 Å². The number of hydrogen-bond acceptors (Lipinski definition) is 2.